The second-order valence-electron chi connectivity index (χ2n) is 4.32. The van der Waals surface area contributed by atoms with Crippen LogP contribution in [0.15, 0.2) is 28.7 Å². The Morgan fingerprint density at radius 2 is 2.00 bits per heavy atom. The summed E-state index contributed by atoms with van der Waals surface area (Å²) < 4.78 is 1.09. The molecule has 0 amide bonds. The number of aromatic nitrogens is 1. The van der Waals surface area contributed by atoms with Crippen molar-refractivity contribution in [2.45, 2.75) is 26.2 Å². The molecule has 2 rings (SSSR count). The molecule has 0 aliphatic rings. The quantitative estimate of drug-likeness (QED) is 0.908. The van der Waals surface area contributed by atoms with Gasteiger partial charge in [-0.1, -0.05) is 35.0 Å². The Kier molecular flexibility index (Phi) is 4.54. The van der Waals surface area contributed by atoms with Gasteiger partial charge >= 0.3 is 0 Å². The largest absolute Gasteiger partial charge is 0.330 e. The van der Waals surface area contributed by atoms with Gasteiger partial charge in [-0.25, -0.2) is 4.98 Å². The summed E-state index contributed by atoms with van der Waals surface area (Å²) in [5.74, 6) is 0.437. The molecule has 0 bridgehead atoms. The van der Waals surface area contributed by atoms with Crippen molar-refractivity contribution < 1.29 is 0 Å². The van der Waals surface area contributed by atoms with Gasteiger partial charge in [0.15, 0.2) is 0 Å². The van der Waals surface area contributed by atoms with Crippen LogP contribution < -0.4 is 5.73 Å². The number of rotatable bonds is 4. The zero-order chi connectivity index (χ0) is 13.1. The number of benzene rings is 1. The monoisotopic (exact) mass is 324 g/mol. The summed E-state index contributed by atoms with van der Waals surface area (Å²) in [5.41, 5.74) is 8.12. The molecule has 2 N–H and O–H groups in total. The van der Waals surface area contributed by atoms with Gasteiger partial charge in [0.25, 0.3) is 0 Å². The van der Waals surface area contributed by atoms with Crippen molar-refractivity contribution >= 4 is 27.3 Å². The Labute approximate surface area is 120 Å². The Bertz CT molecular complexity index is 515. The maximum absolute atomic E-state index is 5.82. The Balaban J connectivity index is 2.36. The smallest absolute Gasteiger partial charge is 0.123 e. The van der Waals surface area contributed by atoms with E-state index in [9.17, 15) is 0 Å². The molecule has 0 aliphatic heterocycles. The van der Waals surface area contributed by atoms with E-state index in [0.29, 0.717) is 12.5 Å². The van der Waals surface area contributed by atoms with Gasteiger partial charge in [-0.2, -0.15) is 0 Å². The lowest BCUT2D eigenvalue weighted by molar-refractivity contribution is 0.680. The molecule has 0 aliphatic carbocycles. The lowest BCUT2D eigenvalue weighted by Gasteiger charge is -2.09. The highest BCUT2D eigenvalue weighted by molar-refractivity contribution is 9.10. The molecule has 0 radical (unpaired) electrons. The normalized spacial score (nSPS) is 12.7. The molecule has 0 fully saturated rings. The van der Waals surface area contributed by atoms with Crippen LogP contribution in [0.5, 0.6) is 0 Å². The average molecular weight is 325 g/mol. The van der Waals surface area contributed by atoms with Crippen LogP contribution in [0, 0.1) is 6.92 Å². The van der Waals surface area contributed by atoms with E-state index >= 15 is 0 Å². The van der Waals surface area contributed by atoms with E-state index in [2.05, 4.69) is 46.9 Å². The van der Waals surface area contributed by atoms with Crippen molar-refractivity contribution in [2.24, 2.45) is 5.73 Å². The number of hydrogen-bond donors (Lipinski definition) is 1. The topological polar surface area (TPSA) is 38.9 Å². The summed E-state index contributed by atoms with van der Waals surface area (Å²) >= 11 is 5.22. The first-order valence-electron chi connectivity index (χ1n) is 6.09. The highest BCUT2D eigenvalue weighted by Crippen LogP contribution is 2.34. The predicted molar refractivity (Wildman–Crippen MR) is 82.1 cm³/mol. The molecule has 1 unspecified atom stereocenters. The summed E-state index contributed by atoms with van der Waals surface area (Å²) in [4.78, 5) is 6.01. The first kappa shape index (κ1) is 13.7. The van der Waals surface area contributed by atoms with Crippen molar-refractivity contribution in [1.29, 1.82) is 0 Å². The molecule has 2 aromatic rings. The molecular formula is C14H17BrN2S. The fourth-order valence-corrected chi connectivity index (χ4v) is 3.49. The van der Waals surface area contributed by atoms with Crippen LogP contribution in [0.3, 0.4) is 0 Å². The third-order valence-electron chi connectivity index (χ3n) is 3.07. The highest BCUT2D eigenvalue weighted by Gasteiger charge is 2.16. The average Bonchev–Trinajstić information content (AvgIpc) is 2.74. The molecule has 96 valence electrons. The minimum absolute atomic E-state index is 0.437. The van der Waals surface area contributed by atoms with Crippen LogP contribution in [0.2, 0.25) is 0 Å². The van der Waals surface area contributed by atoms with E-state index in [-0.39, 0.29) is 0 Å². The van der Waals surface area contributed by atoms with Gasteiger partial charge in [0.1, 0.15) is 5.01 Å². The van der Waals surface area contributed by atoms with E-state index in [1.165, 1.54) is 10.4 Å². The maximum Gasteiger partial charge on any atom is 0.123 e. The molecule has 1 aromatic carbocycles. The number of aryl methyl sites for hydroxylation is 1. The molecule has 1 atom stereocenters. The summed E-state index contributed by atoms with van der Waals surface area (Å²) in [6, 6.07) is 8.28. The SMILES string of the molecule is CCC(CN)c1sc(-c2ccc(Br)cc2)nc1C. The minimum atomic E-state index is 0.437. The van der Waals surface area contributed by atoms with Crippen LogP contribution in [0.4, 0.5) is 0 Å². The molecule has 2 nitrogen and oxygen atoms in total. The lowest BCUT2D eigenvalue weighted by atomic mass is 10.0. The fourth-order valence-electron chi connectivity index (χ4n) is 1.96. The lowest BCUT2D eigenvalue weighted by Crippen LogP contribution is -2.11. The molecule has 1 heterocycles. The minimum Gasteiger partial charge on any atom is -0.330 e. The van der Waals surface area contributed by atoms with Gasteiger partial charge in [-0.3, -0.25) is 0 Å². The third-order valence-corrected chi connectivity index (χ3v) is 4.97. The second kappa shape index (κ2) is 5.95. The third kappa shape index (κ3) is 2.82. The molecule has 4 heteroatoms. The van der Waals surface area contributed by atoms with Gasteiger partial charge in [0, 0.05) is 27.4 Å². The van der Waals surface area contributed by atoms with Gasteiger partial charge in [-0.05, 0) is 25.5 Å². The van der Waals surface area contributed by atoms with E-state index < -0.39 is 0 Å². The summed E-state index contributed by atoms with van der Waals surface area (Å²) in [5, 5.41) is 1.09. The fraction of sp³-hybridized carbons (Fsp3) is 0.357. The van der Waals surface area contributed by atoms with Gasteiger partial charge in [0.05, 0.1) is 5.69 Å². The van der Waals surface area contributed by atoms with Crippen molar-refractivity contribution in [3.05, 3.63) is 39.3 Å². The zero-order valence-electron chi connectivity index (χ0n) is 10.6. The van der Waals surface area contributed by atoms with E-state index in [4.69, 9.17) is 5.73 Å². The van der Waals surface area contributed by atoms with E-state index in [0.717, 1.165) is 21.6 Å². The molecule has 18 heavy (non-hydrogen) atoms. The first-order valence-corrected chi connectivity index (χ1v) is 7.70. The Hall–Kier alpha value is -0.710. The van der Waals surface area contributed by atoms with Crippen LogP contribution in [-0.4, -0.2) is 11.5 Å². The zero-order valence-corrected chi connectivity index (χ0v) is 13.0. The van der Waals surface area contributed by atoms with Gasteiger partial charge < -0.3 is 5.73 Å². The van der Waals surface area contributed by atoms with Crippen molar-refractivity contribution in [1.82, 2.24) is 4.98 Å². The van der Waals surface area contributed by atoms with Crippen LogP contribution >= 0.6 is 27.3 Å². The summed E-state index contributed by atoms with van der Waals surface area (Å²) in [6.07, 6.45) is 1.07. The number of thiazole rings is 1. The maximum atomic E-state index is 5.82. The standard InChI is InChI=1S/C14H17BrN2S/c1-3-10(8-16)13-9(2)17-14(18-13)11-4-6-12(15)7-5-11/h4-7,10H,3,8,16H2,1-2H3. The molecular weight excluding hydrogens is 308 g/mol. The molecule has 0 saturated heterocycles. The highest BCUT2D eigenvalue weighted by atomic mass is 79.9. The van der Waals surface area contributed by atoms with Crippen molar-refractivity contribution in [3.8, 4) is 10.6 Å². The molecule has 0 saturated carbocycles. The second-order valence-corrected chi connectivity index (χ2v) is 6.26. The number of nitrogens with two attached hydrogens (primary N) is 1. The number of hydrogen-bond acceptors (Lipinski definition) is 3. The van der Waals surface area contributed by atoms with Crippen LogP contribution in [0.25, 0.3) is 10.6 Å². The van der Waals surface area contributed by atoms with E-state index in [1.54, 1.807) is 11.3 Å². The number of nitrogens with zero attached hydrogens (tertiary/aromatic N) is 1. The number of halogens is 1. The molecule has 1 aromatic heterocycles. The van der Waals surface area contributed by atoms with Gasteiger partial charge in [-0.15, -0.1) is 11.3 Å². The van der Waals surface area contributed by atoms with Crippen LogP contribution in [0.1, 0.15) is 29.8 Å². The summed E-state index contributed by atoms with van der Waals surface area (Å²) in [7, 11) is 0. The Morgan fingerprint density at radius 1 is 1.33 bits per heavy atom. The molecule has 0 spiro atoms. The van der Waals surface area contributed by atoms with Crippen LogP contribution in [-0.2, 0) is 0 Å². The van der Waals surface area contributed by atoms with Gasteiger partial charge in [0.2, 0.25) is 0 Å². The Morgan fingerprint density at radius 3 is 2.56 bits per heavy atom. The van der Waals surface area contributed by atoms with Crippen molar-refractivity contribution in [3.63, 3.8) is 0 Å². The predicted octanol–water partition coefficient (Wildman–Crippen LogP) is 4.33. The van der Waals surface area contributed by atoms with E-state index in [1.807, 2.05) is 12.1 Å². The summed E-state index contributed by atoms with van der Waals surface area (Å²) in [6.45, 7) is 4.95. The van der Waals surface area contributed by atoms with Crippen molar-refractivity contribution in [2.75, 3.05) is 6.54 Å². The first-order chi connectivity index (χ1) is 8.65.